The fraction of sp³-hybridized carbons (Fsp3) is 0.692. The first kappa shape index (κ1) is 14.0. The van der Waals surface area contributed by atoms with Crippen LogP contribution >= 0.6 is 0 Å². The van der Waals surface area contributed by atoms with Gasteiger partial charge in [-0.15, -0.1) is 0 Å². The molecule has 0 aromatic carbocycles. The minimum atomic E-state index is 0.0353. The van der Waals surface area contributed by atoms with E-state index in [0.717, 1.165) is 26.2 Å². The normalized spacial score (nSPS) is 17.3. The van der Waals surface area contributed by atoms with Gasteiger partial charge in [0.25, 0.3) is 0 Å². The summed E-state index contributed by atoms with van der Waals surface area (Å²) in [4.78, 5) is 14.1. The summed E-state index contributed by atoms with van der Waals surface area (Å²) in [5.41, 5.74) is 0. The van der Waals surface area contributed by atoms with Crippen molar-refractivity contribution in [2.75, 3.05) is 39.0 Å². The van der Waals surface area contributed by atoms with Crippen LogP contribution in [0.5, 0.6) is 0 Å². The maximum absolute atomic E-state index is 12.0. The van der Waals surface area contributed by atoms with Gasteiger partial charge in [0.1, 0.15) is 0 Å². The van der Waals surface area contributed by atoms with Crippen LogP contribution in [0.3, 0.4) is 0 Å². The van der Waals surface area contributed by atoms with Crippen molar-refractivity contribution in [2.24, 2.45) is 11.8 Å². The van der Waals surface area contributed by atoms with Gasteiger partial charge in [0.15, 0.2) is 5.82 Å². The monoisotopic (exact) mass is 265 g/mol. The third-order valence-corrected chi connectivity index (χ3v) is 3.60. The van der Waals surface area contributed by atoms with E-state index in [9.17, 15) is 4.79 Å². The number of rotatable bonds is 6. The number of carbonyl (C=O) groups is 1. The van der Waals surface area contributed by atoms with Gasteiger partial charge in [0.05, 0.1) is 6.54 Å². The predicted octanol–water partition coefficient (Wildman–Crippen LogP) is 0.239. The van der Waals surface area contributed by atoms with E-state index in [1.54, 1.807) is 0 Å². The SMILES string of the molecule is CC(C(=O)Nc1ccn(CCN(C)C)n1)C1CNC1. The van der Waals surface area contributed by atoms with Crippen LogP contribution in [0, 0.1) is 11.8 Å². The molecule has 2 N–H and O–H groups in total. The van der Waals surface area contributed by atoms with Crippen LogP contribution in [0.25, 0.3) is 0 Å². The van der Waals surface area contributed by atoms with Crippen molar-refractivity contribution in [3.63, 3.8) is 0 Å². The Labute approximate surface area is 114 Å². The Morgan fingerprint density at radius 1 is 1.63 bits per heavy atom. The highest BCUT2D eigenvalue weighted by Crippen LogP contribution is 2.17. The number of anilines is 1. The van der Waals surface area contributed by atoms with E-state index in [4.69, 9.17) is 0 Å². The summed E-state index contributed by atoms with van der Waals surface area (Å²) in [5.74, 6) is 1.19. The van der Waals surface area contributed by atoms with E-state index in [0.29, 0.717) is 11.7 Å². The number of nitrogens with zero attached hydrogens (tertiary/aromatic N) is 3. The summed E-state index contributed by atoms with van der Waals surface area (Å²) >= 11 is 0. The Balaban J connectivity index is 1.83. The number of likely N-dealkylation sites (N-methyl/N-ethyl adjacent to an activating group) is 1. The van der Waals surface area contributed by atoms with E-state index in [1.165, 1.54) is 0 Å². The van der Waals surface area contributed by atoms with Gasteiger partial charge in [-0.3, -0.25) is 9.48 Å². The van der Waals surface area contributed by atoms with Gasteiger partial charge in [0, 0.05) is 24.7 Å². The highest BCUT2D eigenvalue weighted by molar-refractivity contribution is 5.91. The van der Waals surface area contributed by atoms with E-state index in [1.807, 2.05) is 38.0 Å². The number of hydrogen-bond donors (Lipinski definition) is 2. The van der Waals surface area contributed by atoms with E-state index >= 15 is 0 Å². The first-order valence-electron chi connectivity index (χ1n) is 6.76. The van der Waals surface area contributed by atoms with Crippen LogP contribution in [0.4, 0.5) is 5.82 Å². The smallest absolute Gasteiger partial charge is 0.228 e. The Hall–Kier alpha value is -1.40. The minimum Gasteiger partial charge on any atom is -0.316 e. The number of aromatic nitrogens is 2. The molecule has 0 aliphatic carbocycles. The number of nitrogens with one attached hydrogen (secondary N) is 2. The molecule has 1 aromatic heterocycles. The average Bonchev–Trinajstić information content (AvgIpc) is 2.71. The number of amides is 1. The molecule has 19 heavy (non-hydrogen) atoms. The van der Waals surface area contributed by atoms with Gasteiger partial charge in [-0.1, -0.05) is 6.92 Å². The van der Waals surface area contributed by atoms with Crippen LogP contribution in [0.15, 0.2) is 12.3 Å². The number of hydrogen-bond acceptors (Lipinski definition) is 4. The molecular formula is C13H23N5O. The zero-order valence-electron chi connectivity index (χ0n) is 11.9. The molecule has 1 atom stereocenters. The van der Waals surface area contributed by atoms with Crippen molar-refractivity contribution >= 4 is 11.7 Å². The molecule has 1 fully saturated rings. The molecule has 1 amide bonds. The molecule has 2 rings (SSSR count). The standard InChI is InChI=1S/C13H23N5O/c1-10(11-8-14-9-11)13(19)15-12-4-5-18(16-12)7-6-17(2)3/h4-5,10-11,14H,6-9H2,1-3H3,(H,15,16,19). The van der Waals surface area contributed by atoms with Gasteiger partial charge >= 0.3 is 0 Å². The zero-order valence-corrected chi connectivity index (χ0v) is 11.9. The fourth-order valence-corrected chi connectivity index (χ4v) is 1.97. The summed E-state index contributed by atoms with van der Waals surface area (Å²) in [7, 11) is 4.06. The molecular weight excluding hydrogens is 242 g/mol. The van der Waals surface area contributed by atoms with Gasteiger partial charge in [-0.25, -0.2) is 0 Å². The quantitative estimate of drug-likeness (QED) is 0.773. The third kappa shape index (κ3) is 3.78. The molecule has 0 saturated carbocycles. The maximum Gasteiger partial charge on any atom is 0.228 e. The predicted molar refractivity (Wildman–Crippen MR) is 74.9 cm³/mol. The van der Waals surface area contributed by atoms with Gasteiger partial charge < -0.3 is 15.5 Å². The van der Waals surface area contributed by atoms with Crippen LogP contribution in [0.2, 0.25) is 0 Å². The highest BCUT2D eigenvalue weighted by atomic mass is 16.2. The van der Waals surface area contributed by atoms with Crippen molar-refractivity contribution in [1.29, 1.82) is 0 Å². The van der Waals surface area contributed by atoms with E-state index in [2.05, 4.69) is 20.6 Å². The van der Waals surface area contributed by atoms with Crippen molar-refractivity contribution < 1.29 is 4.79 Å². The molecule has 2 heterocycles. The Bertz CT molecular complexity index is 424. The van der Waals surface area contributed by atoms with Crippen LogP contribution in [-0.4, -0.2) is 54.3 Å². The average molecular weight is 265 g/mol. The van der Waals surface area contributed by atoms with Crippen LogP contribution in [0.1, 0.15) is 6.92 Å². The lowest BCUT2D eigenvalue weighted by Gasteiger charge is -2.31. The van der Waals surface area contributed by atoms with Gasteiger partial charge in [0.2, 0.25) is 5.91 Å². The molecule has 6 heteroatoms. The molecule has 106 valence electrons. The second-order valence-corrected chi connectivity index (χ2v) is 5.46. The minimum absolute atomic E-state index is 0.0353. The fourth-order valence-electron chi connectivity index (χ4n) is 1.97. The summed E-state index contributed by atoms with van der Waals surface area (Å²) in [5, 5.41) is 10.4. The summed E-state index contributed by atoms with van der Waals surface area (Å²) < 4.78 is 1.85. The molecule has 1 aromatic rings. The van der Waals surface area contributed by atoms with Gasteiger partial charge in [-0.2, -0.15) is 5.10 Å². The molecule has 1 aliphatic rings. The van der Waals surface area contributed by atoms with Crippen LogP contribution < -0.4 is 10.6 Å². The maximum atomic E-state index is 12.0. The van der Waals surface area contributed by atoms with Crippen molar-refractivity contribution in [3.05, 3.63) is 12.3 Å². The van der Waals surface area contributed by atoms with Crippen LogP contribution in [-0.2, 0) is 11.3 Å². The molecule has 0 bridgehead atoms. The zero-order chi connectivity index (χ0) is 13.8. The first-order valence-corrected chi connectivity index (χ1v) is 6.76. The lowest BCUT2D eigenvalue weighted by Crippen LogP contribution is -2.48. The molecule has 1 unspecified atom stereocenters. The van der Waals surface area contributed by atoms with Crippen molar-refractivity contribution in [2.45, 2.75) is 13.5 Å². The van der Waals surface area contributed by atoms with Gasteiger partial charge in [-0.05, 0) is 33.1 Å². The third-order valence-electron chi connectivity index (χ3n) is 3.60. The van der Waals surface area contributed by atoms with Crippen molar-refractivity contribution in [3.8, 4) is 0 Å². The summed E-state index contributed by atoms with van der Waals surface area (Å²) in [6, 6.07) is 1.85. The Morgan fingerprint density at radius 3 is 2.95 bits per heavy atom. The molecule has 1 saturated heterocycles. The molecule has 6 nitrogen and oxygen atoms in total. The van der Waals surface area contributed by atoms with E-state index in [-0.39, 0.29) is 11.8 Å². The lowest BCUT2D eigenvalue weighted by molar-refractivity contribution is -0.121. The Morgan fingerprint density at radius 2 is 2.37 bits per heavy atom. The first-order chi connectivity index (χ1) is 9.06. The topological polar surface area (TPSA) is 62.2 Å². The molecule has 1 aliphatic heterocycles. The summed E-state index contributed by atoms with van der Waals surface area (Å²) in [6.45, 7) is 5.60. The summed E-state index contributed by atoms with van der Waals surface area (Å²) in [6.07, 6.45) is 1.90. The van der Waals surface area contributed by atoms with Crippen molar-refractivity contribution in [1.82, 2.24) is 20.0 Å². The molecule has 0 spiro atoms. The second kappa shape index (κ2) is 6.16. The Kier molecular flexibility index (Phi) is 4.55. The number of carbonyl (C=O) groups excluding carboxylic acids is 1. The molecule has 0 radical (unpaired) electrons. The highest BCUT2D eigenvalue weighted by Gasteiger charge is 2.28. The van der Waals surface area contributed by atoms with E-state index < -0.39 is 0 Å². The largest absolute Gasteiger partial charge is 0.316 e. The second-order valence-electron chi connectivity index (χ2n) is 5.46. The lowest BCUT2D eigenvalue weighted by atomic mass is 9.88.